The number of amides is 6. The number of nitrogens with one attached hydrogen (secondary N) is 5. The second kappa shape index (κ2) is 22.1. The molecule has 2 heterocycles. The van der Waals surface area contributed by atoms with Crippen LogP contribution in [-0.4, -0.2) is 98.4 Å². The third kappa shape index (κ3) is 13.8. The van der Waals surface area contributed by atoms with E-state index in [1.807, 2.05) is 66.7 Å². The van der Waals surface area contributed by atoms with Gasteiger partial charge in [-0.25, -0.2) is 0 Å². The van der Waals surface area contributed by atoms with E-state index in [0.717, 1.165) is 22.8 Å². The number of carbonyl (C=O) groups is 6. The molecule has 0 saturated carbocycles. The summed E-state index contributed by atoms with van der Waals surface area (Å²) in [5.74, 6) is -2.64. The molecule has 1 saturated heterocycles. The molecule has 0 unspecified atom stereocenters. The van der Waals surface area contributed by atoms with Crippen molar-refractivity contribution in [3.05, 3.63) is 119 Å². The largest absolute Gasteiger partial charge is 0.378 e. The lowest BCUT2D eigenvalue weighted by Crippen LogP contribution is -2.58. The number of ether oxygens (including phenoxy) is 1. The first-order chi connectivity index (χ1) is 29.3. The minimum Gasteiger partial charge on any atom is -0.378 e. The van der Waals surface area contributed by atoms with E-state index in [0.29, 0.717) is 50.1 Å². The van der Waals surface area contributed by atoms with E-state index in [9.17, 15) is 28.8 Å². The smallest absolute Gasteiger partial charge is 0.246 e. The number of hydrogen-bond donors (Lipinski definition) is 6. The molecule has 1 fully saturated rings. The second-order valence-electron chi connectivity index (χ2n) is 16.9. The Labute approximate surface area is 358 Å². The molecule has 2 aliphatic heterocycles. The average Bonchev–Trinajstić information content (AvgIpc) is 3.24. The molecule has 5 rings (SSSR count). The van der Waals surface area contributed by atoms with Crippen LogP contribution in [0.25, 0.3) is 0 Å². The van der Waals surface area contributed by atoms with Gasteiger partial charge in [0.1, 0.15) is 12.1 Å². The fourth-order valence-corrected chi connectivity index (χ4v) is 7.71. The molecule has 2 bridgehead atoms. The molecular weight excluding hydrogens is 775 g/mol. The number of fused-ring (bicyclic) bond motifs is 3. The lowest BCUT2D eigenvalue weighted by atomic mass is 9.74. The molecular formula is C47H61N7O7. The predicted octanol–water partition coefficient (Wildman–Crippen LogP) is 2.37. The van der Waals surface area contributed by atoms with Gasteiger partial charge in [0.2, 0.25) is 35.4 Å². The Morgan fingerprint density at radius 1 is 0.869 bits per heavy atom. The first-order valence-electron chi connectivity index (χ1n) is 21.1. The summed E-state index contributed by atoms with van der Waals surface area (Å²) in [7, 11) is 0. The van der Waals surface area contributed by atoms with Crippen LogP contribution in [0.4, 0.5) is 0 Å². The van der Waals surface area contributed by atoms with Gasteiger partial charge in [0.25, 0.3) is 0 Å². The predicted molar refractivity (Wildman–Crippen MR) is 233 cm³/mol. The zero-order valence-electron chi connectivity index (χ0n) is 35.6. The molecule has 14 heteroatoms. The summed E-state index contributed by atoms with van der Waals surface area (Å²) in [5, 5.41) is 14.4. The van der Waals surface area contributed by atoms with Gasteiger partial charge in [0.05, 0.1) is 25.0 Å². The number of nitrogens with two attached hydrogens (primary N) is 1. The van der Waals surface area contributed by atoms with E-state index >= 15 is 0 Å². The van der Waals surface area contributed by atoms with Crippen LogP contribution in [0.1, 0.15) is 67.9 Å². The minimum absolute atomic E-state index is 0.0218. The van der Waals surface area contributed by atoms with Gasteiger partial charge in [-0.05, 0) is 58.9 Å². The number of rotatable bonds is 10. The van der Waals surface area contributed by atoms with Crippen molar-refractivity contribution in [1.82, 2.24) is 31.5 Å². The average molecular weight is 836 g/mol. The Kier molecular flexibility index (Phi) is 16.8. The third-order valence-corrected chi connectivity index (χ3v) is 11.1. The molecule has 61 heavy (non-hydrogen) atoms. The lowest BCUT2D eigenvalue weighted by molar-refractivity contribution is -0.141. The summed E-state index contributed by atoms with van der Waals surface area (Å²) < 4.78 is 5.36. The normalized spacial score (nSPS) is 21.6. The standard InChI is InChI=1S/C47H61N7O7/c1-46(2,3)37-16-14-33(15-17-37)28-39-44(59)51-31-36-13-8-7-12-35(36)29-41(56)52-38(43(58)50-24-27-61-26-22-48)20-23-49-40(55)18-19-42(57)54-25-9-21-47(32-54,45(60)53-39)30-34-10-5-4-6-11-34/h4-8,10-19,38-39H,9,20-32,48H2,1-3H3,(H,49,55)(H,50,58)(H,51,59)(H,52,56)(H,53,60)/b19-18+/t38-,39-,47-/m0/s1. The Balaban J connectivity index is 1.47. The summed E-state index contributed by atoms with van der Waals surface area (Å²) >= 11 is 0. The fraction of sp³-hybridized carbons (Fsp3) is 0.447. The fourth-order valence-electron chi connectivity index (χ4n) is 7.71. The van der Waals surface area contributed by atoms with Gasteiger partial charge in [0.15, 0.2) is 0 Å². The summed E-state index contributed by atoms with van der Waals surface area (Å²) in [5.41, 5.74) is 8.55. The van der Waals surface area contributed by atoms with Gasteiger partial charge in [-0.2, -0.15) is 0 Å². The Morgan fingerprint density at radius 2 is 1.59 bits per heavy atom. The van der Waals surface area contributed by atoms with Crippen LogP contribution in [0, 0.1) is 5.41 Å². The second-order valence-corrected chi connectivity index (χ2v) is 16.9. The van der Waals surface area contributed by atoms with Crippen LogP contribution in [0.2, 0.25) is 0 Å². The number of hydrogen-bond acceptors (Lipinski definition) is 8. The maximum atomic E-state index is 14.8. The van der Waals surface area contributed by atoms with Crippen molar-refractivity contribution in [3.8, 4) is 0 Å². The van der Waals surface area contributed by atoms with Crippen molar-refractivity contribution in [2.45, 2.75) is 83.3 Å². The molecule has 0 radical (unpaired) electrons. The minimum atomic E-state index is -1.08. The quantitative estimate of drug-likeness (QED) is 0.167. The molecule has 7 N–H and O–H groups in total. The molecule has 2 aliphatic rings. The van der Waals surface area contributed by atoms with Crippen molar-refractivity contribution < 1.29 is 33.5 Å². The van der Waals surface area contributed by atoms with E-state index < -0.39 is 47.0 Å². The van der Waals surface area contributed by atoms with Gasteiger partial charge in [-0.15, -0.1) is 0 Å². The van der Waals surface area contributed by atoms with Crippen LogP contribution in [0.5, 0.6) is 0 Å². The van der Waals surface area contributed by atoms with Crippen molar-refractivity contribution in [3.63, 3.8) is 0 Å². The molecule has 3 atom stereocenters. The number of benzene rings is 3. The van der Waals surface area contributed by atoms with E-state index in [2.05, 4.69) is 47.4 Å². The van der Waals surface area contributed by atoms with E-state index in [4.69, 9.17) is 10.5 Å². The van der Waals surface area contributed by atoms with Crippen LogP contribution >= 0.6 is 0 Å². The third-order valence-electron chi connectivity index (χ3n) is 11.1. The van der Waals surface area contributed by atoms with Crippen molar-refractivity contribution in [1.29, 1.82) is 0 Å². The molecule has 326 valence electrons. The first-order valence-corrected chi connectivity index (χ1v) is 21.1. The number of nitrogens with zero attached hydrogens (tertiary/aromatic N) is 1. The highest BCUT2D eigenvalue weighted by atomic mass is 16.5. The van der Waals surface area contributed by atoms with Gasteiger partial charge in [-0.1, -0.05) is 99.6 Å². The Hall–Kier alpha value is -5.86. The highest BCUT2D eigenvalue weighted by Crippen LogP contribution is 2.35. The number of piperidine rings is 1. The van der Waals surface area contributed by atoms with Crippen LogP contribution < -0.4 is 32.3 Å². The monoisotopic (exact) mass is 835 g/mol. The Morgan fingerprint density at radius 3 is 2.31 bits per heavy atom. The summed E-state index contributed by atoms with van der Waals surface area (Å²) in [6.07, 6.45) is 3.82. The molecule has 14 nitrogen and oxygen atoms in total. The summed E-state index contributed by atoms with van der Waals surface area (Å²) in [4.78, 5) is 84.1. The van der Waals surface area contributed by atoms with Crippen molar-refractivity contribution in [2.75, 3.05) is 45.9 Å². The zero-order chi connectivity index (χ0) is 43.8. The highest BCUT2D eigenvalue weighted by Gasteiger charge is 2.44. The molecule has 0 spiro atoms. The summed E-state index contributed by atoms with van der Waals surface area (Å²) in [6, 6.07) is 22.8. The highest BCUT2D eigenvalue weighted by molar-refractivity contribution is 5.97. The lowest BCUT2D eigenvalue weighted by Gasteiger charge is -2.42. The topological polar surface area (TPSA) is 201 Å². The van der Waals surface area contributed by atoms with Crippen LogP contribution in [0.15, 0.2) is 91.0 Å². The first kappa shape index (κ1) is 46.2. The zero-order valence-corrected chi connectivity index (χ0v) is 35.6. The molecule has 3 aromatic rings. The maximum Gasteiger partial charge on any atom is 0.246 e. The van der Waals surface area contributed by atoms with E-state index in [1.165, 1.54) is 6.08 Å². The van der Waals surface area contributed by atoms with Gasteiger partial charge >= 0.3 is 0 Å². The maximum absolute atomic E-state index is 14.8. The molecule has 6 amide bonds. The molecule has 0 aromatic heterocycles. The molecule has 3 aromatic carbocycles. The van der Waals surface area contributed by atoms with E-state index in [1.54, 1.807) is 17.0 Å². The van der Waals surface area contributed by atoms with Crippen molar-refractivity contribution in [2.24, 2.45) is 11.1 Å². The number of carbonyl (C=O) groups excluding carboxylic acids is 6. The van der Waals surface area contributed by atoms with Gasteiger partial charge in [0, 0.05) is 57.8 Å². The SMILES string of the molecule is CC(C)(C)c1ccc(C[C@@H]2NC(=O)[C@]3(Cc4ccccc4)CCCN(C3)C(=O)/C=C/C(=O)NCC[C@@H](C(=O)NCCOCCN)NC(=O)Cc3ccccc3CNC2=O)cc1. The van der Waals surface area contributed by atoms with Gasteiger partial charge < -0.3 is 42.0 Å². The summed E-state index contributed by atoms with van der Waals surface area (Å²) in [6.45, 7) is 8.04. The Bertz CT molecular complexity index is 2020. The van der Waals surface area contributed by atoms with Crippen LogP contribution in [0.3, 0.4) is 0 Å². The van der Waals surface area contributed by atoms with Crippen LogP contribution in [-0.2, 0) is 64.7 Å². The van der Waals surface area contributed by atoms with Crippen molar-refractivity contribution >= 4 is 35.4 Å². The van der Waals surface area contributed by atoms with Gasteiger partial charge in [-0.3, -0.25) is 28.8 Å². The molecule has 0 aliphatic carbocycles. The van der Waals surface area contributed by atoms with E-state index in [-0.39, 0.29) is 63.4 Å².